The predicted molar refractivity (Wildman–Crippen MR) is 106 cm³/mol. The number of carboxylic acid groups (broad SMARTS) is 1. The SMILES string of the molecule is Cc1ccc(C(CC(=O)O)(c2ccc(C)cc2)c2ccc(C)cc2)cc1. The standard InChI is InChI=1S/C24H24O2/c1-17-4-10-20(11-5-17)24(16-23(25)26,21-12-6-18(2)7-13-21)22-14-8-19(3)9-15-22/h4-15H,16H2,1-3H3,(H,25,26). The third kappa shape index (κ3) is 3.41. The lowest BCUT2D eigenvalue weighted by molar-refractivity contribution is -0.137. The van der Waals surface area contributed by atoms with Crippen molar-refractivity contribution in [3.05, 3.63) is 106 Å². The average molecular weight is 344 g/mol. The summed E-state index contributed by atoms with van der Waals surface area (Å²) >= 11 is 0. The molecule has 3 aromatic rings. The molecule has 0 saturated heterocycles. The van der Waals surface area contributed by atoms with Crippen molar-refractivity contribution in [2.45, 2.75) is 32.6 Å². The zero-order valence-electron chi connectivity index (χ0n) is 15.5. The van der Waals surface area contributed by atoms with E-state index in [2.05, 4.69) is 36.4 Å². The van der Waals surface area contributed by atoms with Crippen LogP contribution in [0.2, 0.25) is 0 Å². The van der Waals surface area contributed by atoms with E-state index in [4.69, 9.17) is 0 Å². The second kappa shape index (κ2) is 7.17. The van der Waals surface area contributed by atoms with E-state index in [9.17, 15) is 9.90 Å². The van der Waals surface area contributed by atoms with Crippen LogP contribution in [0.25, 0.3) is 0 Å². The van der Waals surface area contributed by atoms with Crippen LogP contribution < -0.4 is 0 Å². The molecule has 2 nitrogen and oxygen atoms in total. The molecule has 0 atom stereocenters. The molecule has 0 aromatic heterocycles. The molecule has 0 spiro atoms. The Morgan fingerprint density at radius 3 is 1.15 bits per heavy atom. The fraction of sp³-hybridized carbons (Fsp3) is 0.208. The molecule has 3 rings (SSSR count). The molecule has 0 saturated carbocycles. The van der Waals surface area contributed by atoms with E-state index in [0.717, 1.165) is 33.4 Å². The van der Waals surface area contributed by atoms with Gasteiger partial charge in [-0.25, -0.2) is 0 Å². The van der Waals surface area contributed by atoms with Gasteiger partial charge in [-0.3, -0.25) is 4.79 Å². The van der Waals surface area contributed by atoms with Crippen molar-refractivity contribution >= 4 is 5.97 Å². The molecular formula is C24H24O2. The van der Waals surface area contributed by atoms with Gasteiger partial charge in [0, 0.05) is 0 Å². The van der Waals surface area contributed by atoms with Crippen LogP contribution in [0.15, 0.2) is 72.8 Å². The summed E-state index contributed by atoms with van der Waals surface area (Å²) in [6.45, 7) is 6.13. The maximum absolute atomic E-state index is 11.9. The number of rotatable bonds is 5. The highest BCUT2D eigenvalue weighted by Crippen LogP contribution is 2.42. The Bertz CT molecular complexity index is 778. The molecule has 0 aliphatic rings. The van der Waals surface area contributed by atoms with E-state index in [1.54, 1.807) is 0 Å². The Kier molecular flexibility index (Phi) is 4.94. The lowest BCUT2D eigenvalue weighted by Gasteiger charge is -2.35. The maximum Gasteiger partial charge on any atom is 0.304 e. The highest BCUT2D eigenvalue weighted by atomic mass is 16.4. The summed E-state index contributed by atoms with van der Waals surface area (Å²) in [5, 5.41) is 9.80. The fourth-order valence-electron chi connectivity index (χ4n) is 3.55. The third-order valence-electron chi connectivity index (χ3n) is 5.05. The molecule has 1 N–H and O–H groups in total. The van der Waals surface area contributed by atoms with Crippen molar-refractivity contribution in [1.82, 2.24) is 0 Å². The zero-order chi connectivity index (χ0) is 18.7. The Morgan fingerprint density at radius 1 is 0.654 bits per heavy atom. The Hall–Kier alpha value is -2.87. The topological polar surface area (TPSA) is 37.3 Å². The molecule has 0 aliphatic heterocycles. The van der Waals surface area contributed by atoms with Crippen molar-refractivity contribution in [2.24, 2.45) is 0 Å². The first kappa shape index (κ1) is 17.9. The Labute approximate surface area is 155 Å². The van der Waals surface area contributed by atoms with Crippen molar-refractivity contribution < 1.29 is 9.90 Å². The minimum Gasteiger partial charge on any atom is -0.481 e. The van der Waals surface area contributed by atoms with Gasteiger partial charge in [0.25, 0.3) is 0 Å². The van der Waals surface area contributed by atoms with E-state index < -0.39 is 11.4 Å². The van der Waals surface area contributed by atoms with Gasteiger partial charge in [0.2, 0.25) is 0 Å². The Morgan fingerprint density at radius 2 is 0.923 bits per heavy atom. The van der Waals surface area contributed by atoms with E-state index in [0.29, 0.717) is 0 Å². The smallest absolute Gasteiger partial charge is 0.304 e. The molecule has 0 bridgehead atoms. The first-order valence-corrected chi connectivity index (χ1v) is 8.85. The first-order chi connectivity index (χ1) is 12.4. The minimum absolute atomic E-state index is 0.00217. The molecule has 0 heterocycles. The lowest BCUT2D eigenvalue weighted by atomic mass is 9.67. The molecule has 0 radical (unpaired) electrons. The van der Waals surface area contributed by atoms with Gasteiger partial charge in [-0.2, -0.15) is 0 Å². The van der Waals surface area contributed by atoms with Crippen LogP contribution in [0, 0.1) is 20.8 Å². The minimum atomic E-state index is -0.813. The van der Waals surface area contributed by atoms with Crippen molar-refractivity contribution in [2.75, 3.05) is 0 Å². The zero-order valence-corrected chi connectivity index (χ0v) is 15.5. The summed E-state index contributed by atoms with van der Waals surface area (Å²) in [6, 6.07) is 24.6. The van der Waals surface area contributed by atoms with E-state index in [-0.39, 0.29) is 6.42 Å². The van der Waals surface area contributed by atoms with Crippen molar-refractivity contribution in [1.29, 1.82) is 0 Å². The number of aliphatic carboxylic acids is 1. The maximum atomic E-state index is 11.9. The van der Waals surface area contributed by atoms with E-state index in [1.807, 2.05) is 57.2 Å². The summed E-state index contributed by atoms with van der Waals surface area (Å²) in [5.41, 5.74) is 5.75. The summed E-state index contributed by atoms with van der Waals surface area (Å²) in [6.07, 6.45) is 0.00217. The molecule has 2 heteroatoms. The van der Waals surface area contributed by atoms with Crippen LogP contribution in [0.1, 0.15) is 39.8 Å². The summed E-state index contributed by atoms with van der Waals surface area (Å²) in [4.78, 5) is 11.9. The van der Waals surface area contributed by atoms with Crippen LogP contribution in [0.3, 0.4) is 0 Å². The van der Waals surface area contributed by atoms with Crippen molar-refractivity contribution in [3.63, 3.8) is 0 Å². The average Bonchev–Trinajstić information content (AvgIpc) is 2.62. The van der Waals surface area contributed by atoms with Gasteiger partial charge in [-0.15, -0.1) is 0 Å². The number of hydrogen-bond acceptors (Lipinski definition) is 1. The highest BCUT2D eigenvalue weighted by molar-refractivity contribution is 5.73. The second-order valence-corrected chi connectivity index (χ2v) is 7.07. The van der Waals surface area contributed by atoms with Gasteiger partial charge in [0.05, 0.1) is 11.8 Å². The van der Waals surface area contributed by atoms with Crippen LogP contribution in [0.5, 0.6) is 0 Å². The van der Waals surface area contributed by atoms with Crippen LogP contribution >= 0.6 is 0 Å². The second-order valence-electron chi connectivity index (χ2n) is 7.07. The fourth-order valence-corrected chi connectivity index (χ4v) is 3.55. The normalized spacial score (nSPS) is 11.3. The van der Waals surface area contributed by atoms with Gasteiger partial charge in [0.15, 0.2) is 0 Å². The van der Waals surface area contributed by atoms with Gasteiger partial charge in [0.1, 0.15) is 0 Å². The van der Waals surface area contributed by atoms with E-state index in [1.165, 1.54) is 0 Å². The molecule has 0 unspecified atom stereocenters. The molecule has 26 heavy (non-hydrogen) atoms. The van der Waals surface area contributed by atoms with Crippen LogP contribution in [-0.2, 0) is 10.2 Å². The van der Waals surface area contributed by atoms with Crippen molar-refractivity contribution in [3.8, 4) is 0 Å². The highest BCUT2D eigenvalue weighted by Gasteiger charge is 2.38. The summed E-state index contributed by atoms with van der Waals surface area (Å²) < 4.78 is 0. The first-order valence-electron chi connectivity index (χ1n) is 8.85. The molecule has 0 fully saturated rings. The Balaban J connectivity index is 2.33. The lowest BCUT2D eigenvalue weighted by Crippen LogP contribution is -2.32. The number of hydrogen-bond donors (Lipinski definition) is 1. The predicted octanol–water partition coefficient (Wildman–Crippen LogP) is 5.42. The summed E-state index contributed by atoms with van der Waals surface area (Å²) in [5.74, 6) is -0.813. The van der Waals surface area contributed by atoms with Gasteiger partial charge >= 0.3 is 5.97 Å². The van der Waals surface area contributed by atoms with Gasteiger partial charge in [-0.1, -0.05) is 89.5 Å². The monoisotopic (exact) mass is 344 g/mol. The molecule has 132 valence electrons. The number of carboxylic acids is 1. The molecule has 3 aromatic carbocycles. The van der Waals surface area contributed by atoms with Crippen LogP contribution in [0.4, 0.5) is 0 Å². The summed E-state index contributed by atoms with van der Waals surface area (Å²) in [7, 11) is 0. The van der Waals surface area contributed by atoms with Gasteiger partial charge < -0.3 is 5.11 Å². The number of carbonyl (C=O) groups is 1. The largest absolute Gasteiger partial charge is 0.481 e. The van der Waals surface area contributed by atoms with E-state index >= 15 is 0 Å². The van der Waals surface area contributed by atoms with Crippen LogP contribution in [-0.4, -0.2) is 11.1 Å². The third-order valence-corrected chi connectivity index (χ3v) is 5.05. The molecule has 0 amide bonds. The molecule has 0 aliphatic carbocycles. The number of benzene rings is 3. The number of aryl methyl sites for hydroxylation is 3. The van der Waals surface area contributed by atoms with Gasteiger partial charge in [-0.05, 0) is 37.5 Å². The molecular weight excluding hydrogens is 320 g/mol. The quantitative estimate of drug-likeness (QED) is 0.627.